The van der Waals surface area contributed by atoms with Gasteiger partial charge in [-0.15, -0.1) is 6.58 Å². The van der Waals surface area contributed by atoms with Gasteiger partial charge < -0.3 is 9.47 Å². The summed E-state index contributed by atoms with van der Waals surface area (Å²) in [5.74, 6) is -1.08. The normalized spacial score (nSPS) is 13.4. The van der Waals surface area contributed by atoms with Gasteiger partial charge in [0, 0.05) is 32.0 Å². The zero-order valence-corrected chi connectivity index (χ0v) is 21.2. The number of aryl methyl sites for hydroxylation is 1. The number of rotatable bonds is 13. The summed E-state index contributed by atoms with van der Waals surface area (Å²) in [5.41, 5.74) is 1.65. The Morgan fingerprint density at radius 2 is 1.74 bits per heavy atom. The van der Waals surface area contributed by atoms with E-state index >= 15 is 0 Å². The van der Waals surface area contributed by atoms with Crippen molar-refractivity contribution >= 4 is 22.0 Å². The van der Waals surface area contributed by atoms with Gasteiger partial charge in [-0.25, -0.2) is 13.2 Å². The quantitative estimate of drug-likeness (QED) is 0.225. The summed E-state index contributed by atoms with van der Waals surface area (Å²) in [6.45, 7) is 8.90. The van der Waals surface area contributed by atoms with Crippen molar-refractivity contribution in [1.29, 1.82) is 0 Å². The van der Waals surface area contributed by atoms with Crippen molar-refractivity contribution in [3.05, 3.63) is 90.5 Å². The van der Waals surface area contributed by atoms with Crippen LogP contribution in [0.3, 0.4) is 0 Å². The summed E-state index contributed by atoms with van der Waals surface area (Å²) in [5, 5.41) is 0. The fourth-order valence-corrected chi connectivity index (χ4v) is 5.15. The topological polar surface area (TPSA) is 90.0 Å². The number of sulfonamides is 1. The minimum Gasteiger partial charge on any atom is -0.463 e. The van der Waals surface area contributed by atoms with E-state index in [-0.39, 0.29) is 24.5 Å². The number of benzene rings is 2. The van der Waals surface area contributed by atoms with E-state index in [4.69, 9.17) is 9.47 Å². The number of esters is 2. The van der Waals surface area contributed by atoms with Crippen LogP contribution < -0.4 is 0 Å². The Hall–Kier alpha value is -3.23. The molecular weight excluding hydrogens is 466 g/mol. The third-order valence-corrected chi connectivity index (χ3v) is 7.17. The van der Waals surface area contributed by atoms with Gasteiger partial charge in [-0.1, -0.05) is 60.2 Å². The standard InChI is InChI=1S/C27H33NO6S/c1-5-7-19-28(35(31,32)25-16-13-21(3)14-17-25)24(15-18-27(30)33-6-2)20-26(34-22(4)29)23-11-9-8-10-12-23/h5,8-18,24,26H,1,6-7,19-20H2,2-4H3/b18-15+/t24-,26+/m0/s1. The lowest BCUT2D eigenvalue weighted by molar-refractivity contribution is -0.147. The number of nitrogens with zero attached hydrogens (tertiary/aromatic N) is 1. The van der Waals surface area contributed by atoms with Gasteiger partial charge in [-0.2, -0.15) is 4.31 Å². The zero-order chi connectivity index (χ0) is 25.8. The maximum absolute atomic E-state index is 13.7. The lowest BCUT2D eigenvalue weighted by Gasteiger charge is -2.31. The molecule has 0 fully saturated rings. The first-order chi connectivity index (χ1) is 16.7. The molecule has 8 heteroatoms. The van der Waals surface area contributed by atoms with Crippen LogP contribution in [0.4, 0.5) is 0 Å². The highest BCUT2D eigenvalue weighted by Crippen LogP contribution is 2.29. The number of hydrogen-bond donors (Lipinski definition) is 0. The van der Waals surface area contributed by atoms with Crippen LogP contribution in [0.2, 0.25) is 0 Å². The summed E-state index contributed by atoms with van der Waals surface area (Å²) in [4.78, 5) is 24.1. The molecule has 2 aromatic rings. The van der Waals surface area contributed by atoms with Crippen LogP contribution in [0.15, 0.2) is 84.3 Å². The molecule has 0 N–H and O–H groups in total. The van der Waals surface area contributed by atoms with Crippen LogP contribution in [-0.4, -0.2) is 43.9 Å². The number of carbonyl (C=O) groups excluding carboxylic acids is 2. The molecule has 0 unspecified atom stereocenters. The Morgan fingerprint density at radius 3 is 2.31 bits per heavy atom. The second-order valence-corrected chi connectivity index (χ2v) is 9.82. The van der Waals surface area contributed by atoms with Gasteiger partial charge in [0.2, 0.25) is 10.0 Å². The largest absolute Gasteiger partial charge is 0.463 e. The molecule has 0 bridgehead atoms. The van der Waals surface area contributed by atoms with Crippen LogP contribution in [0, 0.1) is 6.92 Å². The molecule has 2 aromatic carbocycles. The molecule has 2 atom stereocenters. The molecule has 35 heavy (non-hydrogen) atoms. The Morgan fingerprint density at radius 1 is 1.09 bits per heavy atom. The highest BCUT2D eigenvalue weighted by molar-refractivity contribution is 7.89. The highest BCUT2D eigenvalue weighted by atomic mass is 32.2. The number of hydrogen-bond acceptors (Lipinski definition) is 6. The number of ether oxygens (including phenoxy) is 2. The van der Waals surface area contributed by atoms with Crippen molar-refractivity contribution in [3.8, 4) is 0 Å². The van der Waals surface area contributed by atoms with Crippen LogP contribution in [0.1, 0.15) is 43.9 Å². The summed E-state index contributed by atoms with van der Waals surface area (Å²) >= 11 is 0. The number of carbonyl (C=O) groups is 2. The smallest absolute Gasteiger partial charge is 0.330 e. The first kappa shape index (κ1) is 28.0. The lowest BCUT2D eigenvalue weighted by atomic mass is 10.0. The van der Waals surface area contributed by atoms with Gasteiger partial charge in [0.25, 0.3) is 0 Å². The third-order valence-electron chi connectivity index (χ3n) is 5.23. The summed E-state index contributed by atoms with van der Waals surface area (Å²) in [6.07, 6.45) is 4.09. The predicted octanol–water partition coefficient (Wildman–Crippen LogP) is 4.74. The van der Waals surface area contributed by atoms with Crippen molar-refractivity contribution in [1.82, 2.24) is 4.31 Å². The minimum atomic E-state index is -3.96. The molecule has 0 aliphatic carbocycles. The molecule has 0 saturated heterocycles. The molecule has 0 aromatic heterocycles. The fourth-order valence-electron chi connectivity index (χ4n) is 3.54. The van der Waals surface area contributed by atoms with Crippen molar-refractivity contribution in [3.63, 3.8) is 0 Å². The van der Waals surface area contributed by atoms with Crippen molar-refractivity contribution in [2.75, 3.05) is 13.2 Å². The van der Waals surface area contributed by atoms with Crippen LogP contribution in [0.5, 0.6) is 0 Å². The second-order valence-electron chi connectivity index (χ2n) is 7.93. The average molecular weight is 500 g/mol. The average Bonchev–Trinajstić information content (AvgIpc) is 2.82. The van der Waals surface area contributed by atoms with Crippen LogP contribution >= 0.6 is 0 Å². The van der Waals surface area contributed by atoms with E-state index in [1.54, 1.807) is 37.3 Å². The molecule has 0 aliphatic rings. The monoisotopic (exact) mass is 499 g/mol. The van der Waals surface area contributed by atoms with Crippen molar-refractivity contribution < 1.29 is 27.5 Å². The Labute approximate surface area is 208 Å². The second kappa shape index (κ2) is 13.6. The Balaban J connectivity index is 2.56. The molecule has 0 saturated carbocycles. The Kier molecular flexibility index (Phi) is 10.9. The molecule has 7 nitrogen and oxygen atoms in total. The molecule has 2 rings (SSSR count). The van der Waals surface area contributed by atoms with E-state index in [9.17, 15) is 18.0 Å². The third kappa shape index (κ3) is 8.49. The van der Waals surface area contributed by atoms with Crippen molar-refractivity contribution in [2.45, 2.75) is 50.7 Å². The van der Waals surface area contributed by atoms with Gasteiger partial charge >= 0.3 is 11.9 Å². The summed E-state index contributed by atoms with van der Waals surface area (Å²) in [7, 11) is -3.96. The zero-order valence-electron chi connectivity index (χ0n) is 20.4. The SMILES string of the molecule is C=CCCN([C@@H](/C=C/C(=O)OCC)C[C@@H](OC(C)=O)c1ccccc1)S(=O)(=O)c1ccc(C)cc1. The van der Waals surface area contributed by atoms with E-state index in [1.807, 2.05) is 37.3 Å². The van der Waals surface area contributed by atoms with Gasteiger partial charge in [0.1, 0.15) is 6.10 Å². The predicted molar refractivity (Wildman–Crippen MR) is 135 cm³/mol. The minimum absolute atomic E-state index is 0.0989. The molecule has 0 spiro atoms. The van der Waals surface area contributed by atoms with Crippen LogP contribution in [-0.2, 0) is 29.1 Å². The van der Waals surface area contributed by atoms with Crippen molar-refractivity contribution in [2.24, 2.45) is 0 Å². The molecule has 0 amide bonds. The maximum atomic E-state index is 13.7. The molecule has 0 radical (unpaired) electrons. The van der Waals surface area contributed by atoms with Gasteiger partial charge in [0.15, 0.2) is 0 Å². The summed E-state index contributed by atoms with van der Waals surface area (Å²) < 4.78 is 39.4. The van der Waals surface area contributed by atoms with E-state index in [0.717, 1.165) is 5.56 Å². The van der Waals surface area contributed by atoms with E-state index in [1.165, 1.54) is 23.4 Å². The van der Waals surface area contributed by atoms with Crippen LogP contribution in [0.25, 0.3) is 0 Å². The van der Waals surface area contributed by atoms with E-state index < -0.39 is 34.1 Å². The lowest BCUT2D eigenvalue weighted by Crippen LogP contribution is -2.41. The van der Waals surface area contributed by atoms with E-state index in [2.05, 4.69) is 6.58 Å². The molecular formula is C27H33NO6S. The van der Waals surface area contributed by atoms with Gasteiger partial charge in [-0.05, 0) is 38.0 Å². The fraction of sp³-hybridized carbons (Fsp3) is 0.333. The first-order valence-electron chi connectivity index (χ1n) is 11.5. The van der Waals surface area contributed by atoms with Gasteiger partial charge in [-0.3, -0.25) is 4.79 Å². The first-order valence-corrected chi connectivity index (χ1v) is 12.9. The highest BCUT2D eigenvalue weighted by Gasteiger charge is 2.33. The summed E-state index contributed by atoms with van der Waals surface area (Å²) in [6, 6.07) is 14.8. The molecule has 0 aliphatic heterocycles. The molecule has 188 valence electrons. The maximum Gasteiger partial charge on any atom is 0.330 e. The van der Waals surface area contributed by atoms with E-state index in [0.29, 0.717) is 12.0 Å². The molecule has 0 heterocycles. The van der Waals surface area contributed by atoms with Gasteiger partial charge in [0.05, 0.1) is 11.5 Å². The Bertz CT molecular complexity index is 1110.